The van der Waals surface area contributed by atoms with Crippen molar-refractivity contribution in [3.05, 3.63) is 48.0 Å². The van der Waals surface area contributed by atoms with Gasteiger partial charge in [0, 0.05) is 38.2 Å². The highest BCUT2D eigenvalue weighted by Gasteiger charge is 2.38. The molecule has 0 N–H and O–H groups in total. The van der Waals surface area contributed by atoms with Gasteiger partial charge in [-0.2, -0.15) is 0 Å². The molecule has 2 aromatic carbocycles. The van der Waals surface area contributed by atoms with E-state index in [1.54, 1.807) is 38.4 Å². The third-order valence-electron chi connectivity index (χ3n) is 6.73. The molecule has 0 radical (unpaired) electrons. The standard InChI is InChI=1S/C26H32N2O5/c1-31-22-15-21(16-23(32-2)25(22)33-3)28-17-20(14-24(28)29)26(30)27-11-9-19(10-12-27)13-18-7-5-4-6-8-18/h4-8,15-16,19-20H,9-14,17H2,1-3H3. The summed E-state index contributed by atoms with van der Waals surface area (Å²) in [6.07, 6.45) is 3.27. The quantitative estimate of drug-likeness (QED) is 0.643. The Balaban J connectivity index is 1.39. The Labute approximate surface area is 195 Å². The van der Waals surface area contributed by atoms with Crippen molar-refractivity contribution in [3.63, 3.8) is 0 Å². The minimum atomic E-state index is -0.331. The molecule has 2 amide bonds. The molecule has 0 aromatic heterocycles. The average molecular weight is 453 g/mol. The Kier molecular flexibility index (Phi) is 7.06. The van der Waals surface area contributed by atoms with E-state index in [0.717, 1.165) is 32.4 Å². The predicted molar refractivity (Wildman–Crippen MR) is 126 cm³/mol. The van der Waals surface area contributed by atoms with E-state index in [9.17, 15) is 9.59 Å². The molecule has 0 spiro atoms. The summed E-state index contributed by atoms with van der Waals surface area (Å²) in [7, 11) is 4.63. The Hall–Kier alpha value is -3.22. The molecule has 2 saturated heterocycles. The van der Waals surface area contributed by atoms with Crippen LogP contribution in [-0.2, 0) is 16.0 Å². The predicted octanol–water partition coefficient (Wildman–Crippen LogP) is 3.55. The minimum Gasteiger partial charge on any atom is -0.493 e. The molecule has 0 saturated carbocycles. The Morgan fingerprint density at radius 1 is 0.970 bits per heavy atom. The second kappa shape index (κ2) is 10.1. The van der Waals surface area contributed by atoms with Crippen LogP contribution >= 0.6 is 0 Å². The zero-order chi connectivity index (χ0) is 23.4. The molecule has 33 heavy (non-hydrogen) atoms. The highest BCUT2D eigenvalue weighted by Crippen LogP contribution is 2.42. The molecule has 2 aromatic rings. The topological polar surface area (TPSA) is 68.3 Å². The number of rotatable bonds is 7. The third-order valence-corrected chi connectivity index (χ3v) is 6.73. The lowest BCUT2D eigenvalue weighted by atomic mass is 9.89. The highest BCUT2D eigenvalue weighted by molar-refractivity contribution is 6.00. The van der Waals surface area contributed by atoms with Gasteiger partial charge in [0.25, 0.3) is 0 Å². The van der Waals surface area contributed by atoms with Crippen LogP contribution in [0.4, 0.5) is 5.69 Å². The SMILES string of the molecule is COc1cc(N2CC(C(=O)N3CCC(Cc4ccccc4)CC3)CC2=O)cc(OC)c1OC. The van der Waals surface area contributed by atoms with Crippen LogP contribution in [0.1, 0.15) is 24.8 Å². The van der Waals surface area contributed by atoms with E-state index in [1.165, 1.54) is 5.56 Å². The molecule has 0 bridgehead atoms. The first-order valence-corrected chi connectivity index (χ1v) is 11.5. The molecule has 176 valence electrons. The number of hydrogen-bond donors (Lipinski definition) is 0. The lowest BCUT2D eigenvalue weighted by molar-refractivity contribution is -0.137. The zero-order valence-corrected chi connectivity index (χ0v) is 19.6. The van der Waals surface area contributed by atoms with Crippen molar-refractivity contribution in [1.29, 1.82) is 0 Å². The van der Waals surface area contributed by atoms with Crippen LogP contribution in [0.15, 0.2) is 42.5 Å². The van der Waals surface area contributed by atoms with Gasteiger partial charge in [0.1, 0.15) is 0 Å². The third kappa shape index (κ3) is 4.92. The maximum absolute atomic E-state index is 13.2. The van der Waals surface area contributed by atoms with Gasteiger partial charge in [0.15, 0.2) is 11.5 Å². The highest BCUT2D eigenvalue weighted by atomic mass is 16.5. The fourth-order valence-electron chi connectivity index (χ4n) is 4.91. The summed E-state index contributed by atoms with van der Waals surface area (Å²) >= 11 is 0. The van der Waals surface area contributed by atoms with Crippen LogP contribution in [0.3, 0.4) is 0 Å². The first kappa shape index (κ1) is 23.0. The smallest absolute Gasteiger partial charge is 0.228 e. The Morgan fingerprint density at radius 2 is 1.61 bits per heavy atom. The molecule has 7 heteroatoms. The summed E-state index contributed by atoms with van der Waals surface area (Å²) in [6.45, 7) is 1.87. The van der Waals surface area contributed by atoms with Crippen LogP contribution in [0.25, 0.3) is 0 Å². The number of carbonyl (C=O) groups is 2. The van der Waals surface area contributed by atoms with Gasteiger partial charge in [0.05, 0.1) is 32.9 Å². The minimum absolute atomic E-state index is 0.0680. The summed E-state index contributed by atoms with van der Waals surface area (Å²) in [5.74, 6) is 1.71. The van der Waals surface area contributed by atoms with Gasteiger partial charge in [-0.25, -0.2) is 0 Å². The summed E-state index contributed by atoms with van der Waals surface area (Å²) < 4.78 is 16.2. The number of anilines is 1. The number of hydrogen-bond acceptors (Lipinski definition) is 5. The van der Waals surface area contributed by atoms with Crippen LogP contribution < -0.4 is 19.1 Å². The van der Waals surface area contributed by atoms with Crippen molar-refractivity contribution in [2.45, 2.75) is 25.7 Å². The number of ether oxygens (including phenoxy) is 3. The largest absolute Gasteiger partial charge is 0.493 e. The lowest BCUT2D eigenvalue weighted by Gasteiger charge is -2.33. The van der Waals surface area contributed by atoms with Crippen LogP contribution in [0.2, 0.25) is 0 Å². The fraction of sp³-hybridized carbons (Fsp3) is 0.462. The van der Waals surface area contributed by atoms with Gasteiger partial charge < -0.3 is 24.0 Å². The van der Waals surface area contributed by atoms with Crippen molar-refractivity contribution in [3.8, 4) is 17.2 Å². The molecule has 1 unspecified atom stereocenters. The maximum atomic E-state index is 13.2. The first-order valence-electron chi connectivity index (χ1n) is 11.5. The van der Waals surface area contributed by atoms with Gasteiger partial charge >= 0.3 is 0 Å². The molecular formula is C26H32N2O5. The molecule has 2 aliphatic rings. The number of likely N-dealkylation sites (tertiary alicyclic amines) is 1. The van der Waals surface area contributed by atoms with E-state index in [4.69, 9.17) is 14.2 Å². The second-order valence-corrected chi connectivity index (χ2v) is 8.75. The summed E-state index contributed by atoms with van der Waals surface area (Å²) in [4.78, 5) is 29.6. The summed E-state index contributed by atoms with van der Waals surface area (Å²) in [5.41, 5.74) is 2.00. The molecule has 4 rings (SSSR count). The molecule has 2 heterocycles. The maximum Gasteiger partial charge on any atom is 0.228 e. The molecule has 7 nitrogen and oxygen atoms in total. The average Bonchev–Trinajstić information content (AvgIpc) is 3.25. The van der Waals surface area contributed by atoms with E-state index in [2.05, 4.69) is 24.3 Å². The second-order valence-electron chi connectivity index (χ2n) is 8.75. The molecule has 2 fully saturated rings. The number of piperidine rings is 1. The van der Waals surface area contributed by atoms with Crippen molar-refractivity contribution in [2.75, 3.05) is 45.9 Å². The molecule has 0 aliphatic carbocycles. The zero-order valence-electron chi connectivity index (χ0n) is 19.6. The molecule has 1 atom stereocenters. The van der Waals surface area contributed by atoms with Crippen molar-refractivity contribution in [1.82, 2.24) is 4.90 Å². The lowest BCUT2D eigenvalue weighted by Crippen LogP contribution is -2.42. The van der Waals surface area contributed by atoms with Crippen LogP contribution in [0.5, 0.6) is 17.2 Å². The van der Waals surface area contributed by atoms with Gasteiger partial charge in [-0.1, -0.05) is 30.3 Å². The number of carbonyl (C=O) groups excluding carboxylic acids is 2. The van der Waals surface area contributed by atoms with Crippen molar-refractivity contribution < 1.29 is 23.8 Å². The normalized spacial score (nSPS) is 19.0. The van der Waals surface area contributed by atoms with Crippen molar-refractivity contribution in [2.24, 2.45) is 11.8 Å². The summed E-state index contributed by atoms with van der Waals surface area (Å²) in [5, 5.41) is 0. The number of amides is 2. The van der Waals surface area contributed by atoms with E-state index >= 15 is 0 Å². The van der Waals surface area contributed by atoms with Gasteiger partial charge in [-0.05, 0) is 30.7 Å². The monoisotopic (exact) mass is 452 g/mol. The van der Waals surface area contributed by atoms with Crippen LogP contribution in [-0.4, -0.2) is 57.7 Å². The van der Waals surface area contributed by atoms with E-state index < -0.39 is 0 Å². The first-order chi connectivity index (χ1) is 16.0. The number of benzene rings is 2. The van der Waals surface area contributed by atoms with Crippen LogP contribution in [0, 0.1) is 11.8 Å². The summed E-state index contributed by atoms with van der Waals surface area (Å²) in [6, 6.07) is 14.0. The van der Waals surface area contributed by atoms with Gasteiger partial charge in [-0.15, -0.1) is 0 Å². The van der Waals surface area contributed by atoms with E-state index in [-0.39, 0.29) is 24.2 Å². The van der Waals surface area contributed by atoms with E-state index in [0.29, 0.717) is 35.4 Å². The number of methoxy groups -OCH3 is 3. The molecule has 2 aliphatic heterocycles. The van der Waals surface area contributed by atoms with Crippen molar-refractivity contribution >= 4 is 17.5 Å². The number of nitrogens with zero attached hydrogens (tertiary/aromatic N) is 2. The van der Waals surface area contributed by atoms with Gasteiger partial charge in [0.2, 0.25) is 17.6 Å². The van der Waals surface area contributed by atoms with E-state index in [1.807, 2.05) is 11.0 Å². The fourth-order valence-corrected chi connectivity index (χ4v) is 4.91. The van der Waals surface area contributed by atoms with Gasteiger partial charge in [-0.3, -0.25) is 9.59 Å². The Morgan fingerprint density at radius 3 is 2.18 bits per heavy atom. The Bertz CT molecular complexity index is 960. The molecular weight excluding hydrogens is 420 g/mol.